The highest BCUT2D eigenvalue weighted by molar-refractivity contribution is 5.94. The number of nitrogens with one attached hydrogen (secondary N) is 1. The maximum absolute atomic E-state index is 14.8. The summed E-state index contributed by atoms with van der Waals surface area (Å²) in [6.45, 7) is 20.5. The molecule has 2 aromatic rings. The molecule has 5 aliphatic heterocycles. The number of carbonyl (C=O) groups is 4. The zero-order valence-corrected chi connectivity index (χ0v) is 48.2. The minimum atomic E-state index is -1.51. The molecule has 4 saturated heterocycles. The summed E-state index contributed by atoms with van der Waals surface area (Å²) in [5.41, 5.74) is -2.78. The molecule has 0 radical (unpaired) electrons. The van der Waals surface area contributed by atoms with Gasteiger partial charge in [0.25, 0.3) is 0 Å². The monoisotopic (exact) mass is 1100 g/mol. The van der Waals surface area contributed by atoms with Crippen molar-refractivity contribution in [1.29, 1.82) is 0 Å². The number of ketones is 1. The molecule has 4 fully saturated rings. The summed E-state index contributed by atoms with van der Waals surface area (Å²) >= 11 is 0. The average molecular weight is 1100 g/mol. The van der Waals surface area contributed by atoms with Gasteiger partial charge in [-0.3, -0.25) is 14.4 Å². The van der Waals surface area contributed by atoms with Crippen molar-refractivity contribution in [3.8, 4) is 5.75 Å². The first kappa shape index (κ1) is 61.3. The molecule has 0 spiro atoms. The lowest BCUT2D eigenvalue weighted by Gasteiger charge is -2.50. The van der Waals surface area contributed by atoms with Crippen LogP contribution in [-0.2, 0) is 69.9 Å². The molecule has 5 aliphatic rings. The summed E-state index contributed by atoms with van der Waals surface area (Å²) in [5.74, 6) is -4.93. The number of carbonyl (C=O) groups excluding carboxylic acids is 3. The van der Waals surface area contributed by atoms with Crippen molar-refractivity contribution >= 4 is 34.8 Å². The number of benzene rings is 1. The highest BCUT2D eigenvalue weighted by Gasteiger charge is 2.60. The number of ether oxygens (including phenoxy) is 11. The first-order valence-electron chi connectivity index (χ1n) is 27.9. The van der Waals surface area contributed by atoms with Crippen LogP contribution < -0.4 is 15.5 Å². The Labute approximate surface area is 458 Å². The standard InChI is InChI=1S/C57H87N3O18/c1-15-41-57(10)49(77-54(67)78-57)32(4)44(61)30(2)27-55(8,68-13)48(76-53-46(63)40(59(11)12)24-31(3)72-53)33(5)47(34(6)52(66)74-41)75-42-28-56(9,69-14)50(35(7)73-42)71-22-17-19-58-20-23-70-37-25-36-18-16-21-60-29-39(51(64)65)45(62)38(26-37)43(36)60/h25-26,29-35,40-42,46-50,53,58,63H,15-24,27-28H2,1-14H3,(H,64,65)/t30-,31-,32-,33+,34+,35-,40+,41-,42+,46+,47+,48-,49+,50+,53+,55+,56-,57-/m0/s1. The number of hydrogen-bond acceptors (Lipinski definition) is 19. The van der Waals surface area contributed by atoms with Crippen LogP contribution in [0.2, 0.25) is 0 Å². The van der Waals surface area contributed by atoms with E-state index in [2.05, 4.69) is 5.32 Å². The molecule has 78 heavy (non-hydrogen) atoms. The molecule has 1 aromatic carbocycles. The van der Waals surface area contributed by atoms with Crippen LogP contribution >= 0.6 is 0 Å². The van der Waals surface area contributed by atoms with Gasteiger partial charge in [-0.1, -0.05) is 27.7 Å². The SMILES string of the molecule is CC[C@@H]1OC(=O)[C@H](C)[C@H](O[C@@H]2C[C@](C)(OC)[C@H](OCCCNCCOc3cc4c5c(c3)c(=O)c(C(=O)O)cn5CCC4)[C@H](C)O2)[C@@H](C)[C@H](O[C@H]2O[C@@H](C)C[C@@H](N(C)C)[C@H]2O)[C@](C)(OC)C[C@H](C)C(=O)[C@H](C)[C@H]2OC(=O)O[C@@]12C. The number of aromatic nitrogens is 1. The maximum Gasteiger partial charge on any atom is 0.509 e. The number of aromatic carboxylic acids is 1. The summed E-state index contributed by atoms with van der Waals surface area (Å²) in [4.78, 5) is 69.1. The first-order valence-corrected chi connectivity index (χ1v) is 27.9. The third-order valence-corrected chi connectivity index (χ3v) is 17.3. The fourth-order valence-corrected chi connectivity index (χ4v) is 12.9. The Bertz CT molecular complexity index is 2510. The predicted molar refractivity (Wildman–Crippen MR) is 284 cm³/mol. The number of hydrogen-bond donors (Lipinski definition) is 3. The molecular weight excluding hydrogens is 1010 g/mol. The van der Waals surface area contributed by atoms with Gasteiger partial charge in [0.15, 0.2) is 24.3 Å². The van der Waals surface area contributed by atoms with E-state index in [0.717, 1.165) is 23.9 Å². The molecular formula is C57H87N3O18. The number of methoxy groups -OCH3 is 2. The van der Waals surface area contributed by atoms with Crippen LogP contribution in [0, 0.1) is 23.7 Å². The zero-order chi connectivity index (χ0) is 57.2. The third-order valence-electron chi connectivity index (χ3n) is 17.3. The number of cyclic esters (lactones) is 1. The van der Waals surface area contributed by atoms with E-state index >= 15 is 0 Å². The summed E-state index contributed by atoms with van der Waals surface area (Å²) in [6.07, 6.45) is -4.88. The second-order valence-electron chi connectivity index (χ2n) is 23.3. The number of esters is 1. The largest absolute Gasteiger partial charge is 0.509 e. The van der Waals surface area contributed by atoms with Gasteiger partial charge in [-0.05, 0) is 118 Å². The lowest BCUT2D eigenvalue weighted by atomic mass is 9.74. The van der Waals surface area contributed by atoms with Crippen LogP contribution in [0.4, 0.5) is 4.79 Å². The van der Waals surface area contributed by atoms with Gasteiger partial charge in [0.05, 0.1) is 58.4 Å². The fourth-order valence-electron chi connectivity index (χ4n) is 12.9. The van der Waals surface area contributed by atoms with Gasteiger partial charge in [-0.15, -0.1) is 0 Å². The average Bonchev–Trinajstić information content (AvgIpc) is 3.72. The van der Waals surface area contributed by atoms with Crippen LogP contribution in [0.3, 0.4) is 0 Å². The van der Waals surface area contributed by atoms with Crippen molar-refractivity contribution in [1.82, 2.24) is 14.8 Å². The Morgan fingerprint density at radius 2 is 1.60 bits per heavy atom. The van der Waals surface area contributed by atoms with Crippen LogP contribution in [0.5, 0.6) is 5.75 Å². The van der Waals surface area contributed by atoms with Crippen molar-refractivity contribution in [2.75, 3.05) is 54.6 Å². The summed E-state index contributed by atoms with van der Waals surface area (Å²) in [6, 6.07) is 3.25. The fraction of sp³-hybridized carbons (Fsp3) is 0.772. The van der Waals surface area contributed by atoms with E-state index in [9.17, 15) is 34.2 Å². The quantitative estimate of drug-likeness (QED) is 0.120. The number of pyridine rings is 1. The van der Waals surface area contributed by atoms with Crippen LogP contribution in [0.25, 0.3) is 10.9 Å². The van der Waals surface area contributed by atoms with Crippen LogP contribution in [0.1, 0.15) is 124 Å². The van der Waals surface area contributed by atoms with Gasteiger partial charge >= 0.3 is 18.1 Å². The molecule has 0 saturated carbocycles. The predicted octanol–water partition coefficient (Wildman–Crippen LogP) is 5.66. The number of aryl methyl sites for hydroxylation is 2. The van der Waals surface area contributed by atoms with E-state index in [-0.39, 0.29) is 42.8 Å². The van der Waals surface area contributed by atoms with Crippen molar-refractivity contribution in [3.63, 3.8) is 0 Å². The molecule has 3 N–H and O–H groups in total. The van der Waals surface area contributed by atoms with Crippen LogP contribution in [0.15, 0.2) is 23.1 Å². The summed E-state index contributed by atoms with van der Waals surface area (Å²) in [5, 5.41) is 25.2. The maximum atomic E-state index is 14.8. The zero-order valence-electron chi connectivity index (χ0n) is 48.2. The molecule has 0 aliphatic carbocycles. The van der Waals surface area contributed by atoms with Crippen molar-refractivity contribution in [2.45, 2.75) is 205 Å². The van der Waals surface area contributed by atoms with Gasteiger partial charge in [0, 0.05) is 64.4 Å². The molecule has 0 unspecified atom stereocenters. The lowest BCUT2D eigenvalue weighted by Crippen LogP contribution is -2.61. The van der Waals surface area contributed by atoms with Crippen molar-refractivity contribution < 1.29 is 81.5 Å². The number of carboxylic acids is 1. The van der Waals surface area contributed by atoms with E-state index < -0.39 is 119 Å². The Balaban J connectivity index is 1.07. The Hall–Kier alpha value is -4.29. The van der Waals surface area contributed by atoms with Crippen molar-refractivity contribution in [2.24, 2.45) is 23.7 Å². The minimum absolute atomic E-state index is 0.119. The van der Waals surface area contributed by atoms with Gasteiger partial charge in [-0.25, -0.2) is 9.59 Å². The van der Waals surface area contributed by atoms with Crippen LogP contribution in [-0.4, -0.2) is 182 Å². The van der Waals surface area contributed by atoms with Gasteiger partial charge in [0.1, 0.15) is 42.0 Å². The molecule has 6 heterocycles. The molecule has 1 aromatic heterocycles. The number of aliphatic hydroxyl groups is 1. The lowest BCUT2D eigenvalue weighted by molar-refractivity contribution is -0.322. The summed E-state index contributed by atoms with van der Waals surface area (Å²) < 4.78 is 72.0. The van der Waals surface area contributed by atoms with E-state index in [1.807, 2.05) is 64.2 Å². The molecule has 21 nitrogen and oxygen atoms in total. The number of likely N-dealkylation sites (N-methyl/N-ethyl adjacent to an activating group) is 1. The summed E-state index contributed by atoms with van der Waals surface area (Å²) in [7, 11) is 6.91. The topological polar surface area (TPSA) is 248 Å². The van der Waals surface area contributed by atoms with Crippen molar-refractivity contribution in [3.05, 3.63) is 39.7 Å². The van der Waals surface area contributed by atoms with Gasteiger partial charge in [0.2, 0.25) is 5.43 Å². The number of aliphatic hydroxyl groups excluding tert-OH is 1. The Morgan fingerprint density at radius 1 is 0.897 bits per heavy atom. The van der Waals surface area contributed by atoms with Gasteiger partial charge in [-0.2, -0.15) is 0 Å². The number of nitrogens with zero attached hydrogens (tertiary/aromatic N) is 2. The molecule has 18 atom stereocenters. The molecule has 0 bridgehead atoms. The highest BCUT2D eigenvalue weighted by Crippen LogP contribution is 2.44. The normalized spacial score (nSPS) is 37.8. The molecule has 7 rings (SSSR count). The minimum Gasteiger partial charge on any atom is -0.492 e. The smallest absolute Gasteiger partial charge is 0.492 e. The molecule has 0 amide bonds. The Kier molecular flexibility index (Phi) is 19.8. The second-order valence-corrected chi connectivity index (χ2v) is 23.3. The van der Waals surface area contributed by atoms with E-state index in [1.54, 1.807) is 47.8 Å². The second kappa shape index (κ2) is 25.2. The number of rotatable bonds is 18. The number of carboxylic acid groups (broad SMARTS) is 1. The van der Waals surface area contributed by atoms with E-state index in [0.29, 0.717) is 56.8 Å². The van der Waals surface area contributed by atoms with E-state index in [1.165, 1.54) is 13.3 Å². The van der Waals surface area contributed by atoms with E-state index in [4.69, 9.17) is 52.1 Å². The molecule has 438 valence electrons. The number of Topliss-reactive ketones (excluding diaryl/α,β-unsaturated/α-hetero) is 1. The molecule has 21 heteroatoms. The highest BCUT2D eigenvalue weighted by atomic mass is 16.8. The van der Waals surface area contributed by atoms with Gasteiger partial charge < -0.3 is 77.1 Å². The first-order chi connectivity index (χ1) is 36.8. The number of fused-ring (bicyclic) bond motifs is 1. The third kappa shape index (κ3) is 12.7. The Morgan fingerprint density at radius 3 is 2.27 bits per heavy atom.